The molecule has 0 bridgehead atoms. The van der Waals surface area contributed by atoms with Gasteiger partial charge in [-0.1, -0.05) is 5.16 Å². The summed E-state index contributed by atoms with van der Waals surface area (Å²) in [5.74, 6) is 1.62. The number of hydrogen-bond acceptors (Lipinski definition) is 5. The van der Waals surface area contributed by atoms with Gasteiger partial charge in [-0.25, -0.2) is 0 Å². The number of nitrogens with two attached hydrogens (primary N) is 1. The molecule has 3 aromatic rings. The molecule has 20 heavy (non-hydrogen) atoms. The van der Waals surface area contributed by atoms with Crippen LogP contribution >= 0.6 is 11.3 Å². The summed E-state index contributed by atoms with van der Waals surface area (Å²) in [6.07, 6.45) is 0. The number of nitrogens with one attached hydrogen (secondary N) is 1. The highest BCUT2D eigenvalue weighted by Gasteiger charge is 2.06. The number of hydrogen-bond donors (Lipinski definition) is 2. The summed E-state index contributed by atoms with van der Waals surface area (Å²) >= 11 is 1.48. The third-order valence-corrected chi connectivity index (χ3v) is 3.95. The molecule has 0 aliphatic heterocycles. The predicted octanol–water partition coefficient (Wildman–Crippen LogP) is 3.06. The van der Waals surface area contributed by atoms with Crippen molar-refractivity contribution in [2.24, 2.45) is 5.73 Å². The fraction of sp³-hybridized carbons (Fsp3) is 0.143. The molecule has 0 atom stereocenters. The molecule has 0 amide bonds. The molecule has 6 heteroatoms. The summed E-state index contributed by atoms with van der Waals surface area (Å²) in [6, 6.07) is 9.55. The van der Waals surface area contributed by atoms with Crippen LogP contribution in [0.15, 0.2) is 34.9 Å². The van der Waals surface area contributed by atoms with E-state index >= 15 is 0 Å². The highest BCUT2D eigenvalue weighted by molar-refractivity contribution is 7.20. The van der Waals surface area contributed by atoms with Crippen molar-refractivity contribution in [1.82, 2.24) is 5.16 Å². The van der Waals surface area contributed by atoms with Crippen molar-refractivity contribution in [3.63, 3.8) is 0 Å². The number of aromatic nitrogens is 1. The fourth-order valence-electron chi connectivity index (χ4n) is 1.88. The standard InChI is InChI=1S/C14H13N3O2S/c1-8-4-10(17-19-8)7-18-11-3-2-9-5-13(14(15)16)20-12(9)6-11/h2-6H,7H2,1H3,(H3,15,16). The van der Waals surface area contributed by atoms with Crippen LogP contribution in [0.5, 0.6) is 5.75 Å². The van der Waals surface area contributed by atoms with Crippen molar-refractivity contribution >= 4 is 27.3 Å². The largest absolute Gasteiger partial charge is 0.487 e. The zero-order valence-electron chi connectivity index (χ0n) is 10.8. The van der Waals surface area contributed by atoms with E-state index in [4.69, 9.17) is 20.4 Å². The number of nitrogens with zero attached hydrogens (tertiary/aromatic N) is 1. The van der Waals surface area contributed by atoms with Gasteiger partial charge in [0.25, 0.3) is 0 Å². The third-order valence-electron chi connectivity index (χ3n) is 2.82. The Bertz CT molecular complexity index is 776. The zero-order valence-corrected chi connectivity index (χ0v) is 11.7. The van der Waals surface area contributed by atoms with Crippen LogP contribution in [0.3, 0.4) is 0 Å². The van der Waals surface area contributed by atoms with Crippen molar-refractivity contribution < 1.29 is 9.26 Å². The molecule has 102 valence electrons. The van der Waals surface area contributed by atoms with Gasteiger partial charge in [-0.3, -0.25) is 5.41 Å². The number of nitrogen functional groups attached to an aromatic ring is 1. The lowest BCUT2D eigenvalue weighted by molar-refractivity contribution is 0.288. The average Bonchev–Trinajstić information content (AvgIpc) is 3.01. The average molecular weight is 287 g/mol. The Labute approximate surface area is 119 Å². The van der Waals surface area contributed by atoms with E-state index in [9.17, 15) is 0 Å². The second-order valence-corrected chi connectivity index (χ2v) is 5.53. The number of fused-ring (bicyclic) bond motifs is 1. The highest BCUT2D eigenvalue weighted by atomic mass is 32.1. The summed E-state index contributed by atoms with van der Waals surface area (Å²) in [5.41, 5.74) is 6.26. The van der Waals surface area contributed by atoms with Crippen molar-refractivity contribution in [2.45, 2.75) is 13.5 Å². The van der Waals surface area contributed by atoms with E-state index < -0.39 is 0 Å². The fourth-order valence-corrected chi connectivity index (χ4v) is 2.83. The number of amidine groups is 1. The number of ether oxygens (including phenoxy) is 1. The Morgan fingerprint density at radius 1 is 1.40 bits per heavy atom. The Hall–Kier alpha value is -2.34. The zero-order chi connectivity index (χ0) is 14.1. The Kier molecular flexibility index (Phi) is 3.15. The van der Waals surface area contributed by atoms with E-state index in [0.717, 1.165) is 32.2 Å². The van der Waals surface area contributed by atoms with Crippen molar-refractivity contribution in [3.05, 3.63) is 46.7 Å². The summed E-state index contributed by atoms with van der Waals surface area (Å²) in [5, 5.41) is 12.4. The SMILES string of the molecule is Cc1cc(COc2ccc3cc(C(=N)N)sc3c2)no1. The van der Waals surface area contributed by atoms with Crippen molar-refractivity contribution in [2.75, 3.05) is 0 Å². The van der Waals surface area contributed by atoms with Gasteiger partial charge in [0.2, 0.25) is 0 Å². The third kappa shape index (κ3) is 2.50. The normalized spacial score (nSPS) is 10.8. The lowest BCUT2D eigenvalue weighted by Gasteiger charge is -2.03. The van der Waals surface area contributed by atoms with Crippen LogP contribution in [-0.4, -0.2) is 11.0 Å². The number of rotatable bonds is 4. The molecule has 0 spiro atoms. The van der Waals surface area contributed by atoms with Gasteiger partial charge in [0.15, 0.2) is 0 Å². The lowest BCUT2D eigenvalue weighted by Crippen LogP contribution is -2.08. The van der Waals surface area contributed by atoms with E-state index in [1.165, 1.54) is 11.3 Å². The molecule has 2 heterocycles. The van der Waals surface area contributed by atoms with E-state index in [1.54, 1.807) is 0 Å². The van der Waals surface area contributed by atoms with Crippen LogP contribution in [0.25, 0.3) is 10.1 Å². The van der Waals surface area contributed by atoms with E-state index in [1.807, 2.05) is 37.3 Å². The van der Waals surface area contributed by atoms with Crippen LogP contribution in [0.2, 0.25) is 0 Å². The van der Waals surface area contributed by atoms with Gasteiger partial charge in [-0.05, 0) is 36.6 Å². The van der Waals surface area contributed by atoms with Crippen LogP contribution in [-0.2, 0) is 6.61 Å². The molecule has 1 aromatic carbocycles. The first-order valence-electron chi connectivity index (χ1n) is 6.05. The van der Waals surface area contributed by atoms with Gasteiger partial charge in [0.1, 0.15) is 29.6 Å². The quantitative estimate of drug-likeness (QED) is 0.570. The molecule has 3 N–H and O–H groups in total. The Morgan fingerprint density at radius 2 is 2.25 bits per heavy atom. The van der Waals surface area contributed by atoms with Gasteiger partial charge in [-0.15, -0.1) is 11.3 Å². The number of thiophene rings is 1. The van der Waals surface area contributed by atoms with Gasteiger partial charge in [-0.2, -0.15) is 0 Å². The maximum absolute atomic E-state index is 7.46. The molecule has 0 aliphatic carbocycles. The molecule has 0 radical (unpaired) electrons. The highest BCUT2D eigenvalue weighted by Crippen LogP contribution is 2.29. The molecular weight excluding hydrogens is 274 g/mol. The molecule has 3 rings (SSSR count). The van der Waals surface area contributed by atoms with Crippen molar-refractivity contribution in [3.8, 4) is 5.75 Å². The van der Waals surface area contributed by atoms with Gasteiger partial charge < -0.3 is 15.0 Å². The lowest BCUT2D eigenvalue weighted by atomic mass is 10.2. The Morgan fingerprint density at radius 3 is 2.95 bits per heavy atom. The number of benzene rings is 1. The van der Waals surface area contributed by atoms with Crippen LogP contribution in [0.1, 0.15) is 16.3 Å². The first-order valence-corrected chi connectivity index (χ1v) is 6.86. The van der Waals surface area contributed by atoms with Crippen LogP contribution < -0.4 is 10.5 Å². The molecule has 5 nitrogen and oxygen atoms in total. The van der Waals surface area contributed by atoms with E-state index in [2.05, 4.69) is 5.16 Å². The molecule has 2 aromatic heterocycles. The molecular formula is C14H13N3O2S. The molecule has 0 fully saturated rings. The summed E-state index contributed by atoms with van der Waals surface area (Å²) in [7, 11) is 0. The monoisotopic (exact) mass is 287 g/mol. The minimum Gasteiger partial charge on any atom is -0.487 e. The summed E-state index contributed by atoms with van der Waals surface area (Å²) < 4.78 is 11.7. The second-order valence-electron chi connectivity index (χ2n) is 4.44. The molecule has 0 saturated carbocycles. The van der Waals surface area contributed by atoms with Gasteiger partial charge >= 0.3 is 0 Å². The molecule has 0 unspecified atom stereocenters. The van der Waals surface area contributed by atoms with E-state index in [0.29, 0.717) is 6.61 Å². The summed E-state index contributed by atoms with van der Waals surface area (Å²) in [6.45, 7) is 2.21. The maximum Gasteiger partial charge on any atom is 0.134 e. The number of aryl methyl sites for hydroxylation is 1. The van der Waals surface area contributed by atoms with Gasteiger partial charge in [0.05, 0.1) is 4.88 Å². The molecule has 0 saturated heterocycles. The smallest absolute Gasteiger partial charge is 0.134 e. The minimum absolute atomic E-state index is 0.0896. The minimum atomic E-state index is 0.0896. The van der Waals surface area contributed by atoms with Gasteiger partial charge in [0, 0.05) is 10.8 Å². The molecule has 0 aliphatic rings. The van der Waals surface area contributed by atoms with E-state index in [-0.39, 0.29) is 5.84 Å². The maximum atomic E-state index is 7.46. The predicted molar refractivity (Wildman–Crippen MR) is 78.4 cm³/mol. The first kappa shape index (κ1) is 12.7. The topological polar surface area (TPSA) is 85.1 Å². The van der Waals surface area contributed by atoms with Crippen molar-refractivity contribution in [1.29, 1.82) is 5.41 Å². The second kappa shape index (κ2) is 4.97. The van der Waals surface area contributed by atoms with Crippen LogP contribution in [0.4, 0.5) is 0 Å². The Balaban J connectivity index is 1.80. The first-order chi connectivity index (χ1) is 9.61. The van der Waals surface area contributed by atoms with Crippen LogP contribution in [0, 0.1) is 12.3 Å². The summed E-state index contributed by atoms with van der Waals surface area (Å²) in [4.78, 5) is 0.768.